The summed E-state index contributed by atoms with van der Waals surface area (Å²) in [6.45, 7) is 7.64. The summed E-state index contributed by atoms with van der Waals surface area (Å²) in [6, 6.07) is 5.67. The number of ether oxygens (including phenoxy) is 1. The monoisotopic (exact) mass is 445 g/mol. The van der Waals surface area contributed by atoms with Gasteiger partial charge in [0.05, 0.1) is 17.3 Å². The van der Waals surface area contributed by atoms with E-state index in [0.717, 1.165) is 5.56 Å². The van der Waals surface area contributed by atoms with Gasteiger partial charge < -0.3 is 14.6 Å². The summed E-state index contributed by atoms with van der Waals surface area (Å²) >= 11 is 1.26. The number of non-ortho nitro benzene ring substituents is 1. The van der Waals surface area contributed by atoms with Crippen LogP contribution < -0.4 is 10.1 Å². The number of aryl methyl sites for hydroxylation is 1. The standard InChI is InChI=1S/C19H23N7O4S/c1-4-24-11-15(18(23-24)30-6-3)17-21-22-19(25(17)5-2)31-12-16(27)20-13-7-9-14(10-8-13)26(28)29/h7-11H,4-6,12H2,1-3H3,(H,20,27). The maximum Gasteiger partial charge on any atom is 0.269 e. The Morgan fingerprint density at radius 1 is 1.19 bits per heavy atom. The summed E-state index contributed by atoms with van der Waals surface area (Å²) in [7, 11) is 0. The van der Waals surface area contributed by atoms with E-state index in [1.165, 1.54) is 36.0 Å². The molecule has 0 aliphatic carbocycles. The average molecular weight is 446 g/mol. The molecule has 0 atom stereocenters. The lowest BCUT2D eigenvalue weighted by Gasteiger charge is -2.08. The number of carbonyl (C=O) groups is 1. The number of nitro benzene ring substituents is 1. The van der Waals surface area contributed by atoms with Crippen LogP contribution in [0.5, 0.6) is 5.88 Å². The summed E-state index contributed by atoms with van der Waals surface area (Å²) in [6.07, 6.45) is 1.87. The van der Waals surface area contributed by atoms with Crippen LogP contribution >= 0.6 is 11.8 Å². The van der Waals surface area contributed by atoms with E-state index in [-0.39, 0.29) is 17.3 Å². The third-order valence-corrected chi connectivity index (χ3v) is 5.27. The van der Waals surface area contributed by atoms with Crippen LogP contribution in [0.1, 0.15) is 20.8 Å². The molecule has 0 saturated carbocycles. The van der Waals surface area contributed by atoms with E-state index in [1.54, 1.807) is 4.68 Å². The molecular weight excluding hydrogens is 422 g/mol. The zero-order chi connectivity index (χ0) is 22.4. The van der Waals surface area contributed by atoms with Crippen molar-refractivity contribution in [2.24, 2.45) is 0 Å². The SMILES string of the molecule is CCOc1nn(CC)cc1-c1nnc(SCC(=O)Nc2ccc([N+](=O)[O-])cc2)n1CC. The van der Waals surface area contributed by atoms with Crippen molar-refractivity contribution in [3.05, 3.63) is 40.6 Å². The van der Waals surface area contributed by atoms with Crippen molar-refractivity contribution in [1.82, 2.24) is 24.5 Å². The van der Waals surface area contributed by atoms with Crippen molar-refractivity contribution in [2.75, 3.05) is 17.7 Å². The van der Waals surface area contributed by atoms with Gasteiger partial charge in [0.25, 0.3) is 5.69 Å². The summed E-state index contributed by atoms with van der Waals surface area (Å²) < 4.78 is 9.33. The van der Waals surface area contributed by atoms with E-state index in [1.807, 2.05) is 31.5 Å². The summed E-state index contributed by atoms with van der Waals surface area (Å²) in [4.78, 5) is 22.5. The van der Waals surface area contributed by atoms with Crippen LogP contribution in [0.4, 0.5) is 11.4 Å². The number of hydrogen-bond acceptors (Lipinski definition) is 8. The fraction of sp³-hybridized carbons (Fsp3) is 0.368. The van der Waals surface area contributed by atoms with Gasteiger partial charge in [0.1, 0.15) is 5.56 Å². The van der Waals surface area contributed by atoms with Crippen molar-refractivity contribution in [3.63, 3.8) is 0 Å². The van der Waals surface area contributed by atoms with Crippen molar-refractivity contribution in [1.29, 1.82) is 0 Å². The maximum absolute atomic E-state index is 12.3. The predicted molar refractivity (Wildman–Crippen MR) is 116 cm³/mol. The first-order valence-corrected chi connectivity index (χ1v) is 10.8. The van der Waals surface area contributed by atoms with Gasteiger partial charge in [-0.1, -0.05) is 11.8 Å². The molecule has 0 radical (unpaired) electrons. The van der Waals surface area contributed by atoms with Gasteiger partial charge >= 0.3 is 0 Å². The molecule has 0 aliphatic heterocycles. The number of hydrogen-bond donors (Lipinski definition) is 1. The second-order valence-electron chi connectivity index (χ2n) is 6.33. The number of nitro groups is 1. The Bertz CT molecular complexity index is 1060. The van der Waals surface area contributed by atoms with Crippen LogP contribution in [0.2, 0.25) is 0 Å². The number of amides is 1. The first-order valence-electron chi connectivity index (χ1n) is 9.77. The average Bonchev–Trinajstić information content (AvgIpc) is 3.36. The van der Waals surface area contributed by atoms with Gasteiger partial charge in [0, 0.05) is 37.1 Å². The number of anilines is 1. The number of benzene rings is 1. The van der Waals surface area contributed by atoms with E-state index in [4.69, 9.17) is 4.74 Å². The Morgan fingerprint density at radius 3 is 2.55 bits per heavy atom. The first-order chi connectivity index (χ1) is 15.0. The molecule has 1 N–H and O–H groups in total. The summed E-state index contributed by atoms with van der Waals surface area (Å²) in [5.74, 6) is 0.990. The highest BCUT2D eigenvalue weighted by atomic mass is 32.2. The molecule has 0 unspecified atom stereocenters. The smallest absolute Gasteiger partial charge is 0.269 e. The molecule has 0 spiro atoms. The number of thioether (sulfide) groups is 1. The van der Waals surface area contributed by atoms with Crippen LogP contribution in [0, 0.1) is 10.1 Å². The number of aromatic nitrogens is 5. The van der Waals surface area contributed by atoms with Crippen molar-refractivity contribution in [2.45, 2.75) is 39.0 Å². The minimum absolute atomic E-state index is 0.0335. The van der Waals surface area contributed by atoms with Crippen molar-refractivity contribution in [3.8, 4) is 17.3 Å². The maximum atomic E-state index is 12.3. The highest BCUT2D eigenvalue weighted by molar-refractivity contribution is 7.99. The molecule has 2 heterocycles. The Labute approximate surface area is 183 Å². The Kier molecular flexibility index (Phi) is 7.23. The van der Waals surface area contributed by atoms with Gasteiger partial charge in [-0.25, -0.2) is 0 Å². The lowest BCUT2D eigenvalue weighted by molar-refractivity contribution is -0.384. The number of rotatable bonds is 10. The zero-order valence-corrected chi connectivity index (χ0v) is 18.3. The van der Waals surface area contributed by atoms with E-state index in [0.29, 0.717) is 42.2 Å². The van der Waals surface area contributed by atoms with Gasteiger partial charge in [-0.05, 0) is 32.9 Å². The zero-order valence-electron chi connectivity index (χ0n) is 17.4. The summed E-state index contributed by atoms with van der Waals surface area (Å²) in [5, 5.41) is 27.0. The molecule has 2 aromatic heterocycles. The van der Waals surface area contributed by atoms with Crippen LogP contribution in [0.3, 0.4) is 0 Å². The highest BCUT2D eigenvalue weighted by Gasteiger charge is 2.21. The molecule has 12 heteroatoms. The van der Waals surface area contributed by atoms with Gasteiger partial charge in [0.15, 0.2) is 11.0 Å². The number of carbonyl (C=O) groups excluding carboxylic acids is 1. The second-order valence-corrected chi connectivity index (χ2v) is 7.27. The molecule has 164 valence electrons. The Morgan fingerprint density at radius 2 is 1.94 bits per heavy atom. The molecule has 1 amide bonds. The van der Waals surface area contributed by atoms with Crippen LogP contribution in [0.25, 0.3) is 11.4 Å². The quantitative estimate of drug-likeness (QED) is 0.286. The third kappa shape index (κ3) is 5.20. The molecule has 31 heavy (non-hydrogen) atoms. The van der Waals surface area contributed by atoms with Gasteiger partial charge in [-0.2, -0.15) is 0 Å². The van der Waals surface area contributed by atoms with E-state index in [9.17, 15) is 14.9 Å². The molecule has 0 bridgehead atoms. The van der Waals surface area contributed by atoms with E-state index < -0.39 is 4.92 Å². The molecule has 0 aliphatic rings. The fourth-order valence-corrected chi connectivity index (χ4v) is 3.64. The minimum atomic E-state index is -0.488. The Balaban J connectivity index is 1.70. The van der Waals surface area contributed by atoms with Crippen LogP contribution in [-0.2, 0) is 17.9 Å². The second kappa shape index (κ2) is 10.1. The molecule has 3 aromatic rings. The van der Waals surface area contributed by atoms with Gasteiger partial charge in [0.2, 0.25) is 11.8 Å². The molecule has 11 nitrogen and oxygen atoms in total. The molecular formula is C19H23N7O4S. The lowest BCUT2D eigenvalue weighted by atomic mass is 10.3. The predicted octanol–water partition coefficient (Wildman–Crippen LogP) is 3.22. The molecule has 3 rings (SSSR count). The lowest BCUT2D eigenvalue weighted by Crippen LogP contribution is -2.14. The fourth-order valence-electron chi connectivity index (χ4n) is 2.84. The molecule has 1 aromatic carbocycles. The Hall–Kier alpha value is -3.41. The number of nitrogens with one attached hydrogen (secondary N) is 1. The normalized spacial score (nSPS) is 10.8. The summed E-state index contributed by atoms with van der Waals surface area (Å²) in [5.41, 5.74) is 1.20. The van der Waals surface area contributed by atoms with Gasteiger partial charge in [-0.3, -0.25) is 19.6 Å². The van der Waals surface area contributed by atoms with Crippen LogP contribution in [-0.4, -0.2) is 47.7 Å². The topological polar surface area (TPSA) is 130 Å². The molecule has 0 saturated heterocycles. The van der Waals surface area contributed by atoms with E-state index >= 15 is 0 Å². The third-order valence-electron chi connectivity index (χ3n) is 4.30. The van der Waals surface area contributed by atoms with Crippen molar-refractivity contribution >= 4 is 29.0 Å². The van der Waals surface area contributed by atoms with Crippen molar-refractivity contribution < 1.29 is 14.5 Å². The molecule has 0 fully saturated rings. The number of nitrogens with zero attached hydrogens (tertiary/aromatic N) is 6. The van der Waals surface area contributed by atoms with Gasteiger partial charge in [-0.15, -0.1) is 15.3 Å². The van der Waals surface area contributed by atoms with E-state index in [2.05, 4.69) is 20.6 Å². The first kappa shape index (κ1) is 22.3. The minimum Gasteiger partial charge on any atom is -0.476 e. The van der Waals surface area contributed by atoms with Crippen LogP contribution in [0.15, 0.2) is 35.6 Å². The highest BCUT2D eigenvalue weighted by Crippen LogP contribution is 2.30. The largest absolute Gasteiger partial charge is 0.476 e.